The van der Waals surface area contributed by atoms with E-state index in [1.165, 1.54) is 31.2 Å². The third-order valence-corrected chi connectivity index (χ3v) is 4.31. The van der Waals surface area contributed by atoms with Crippen LogP contribution in [0.15, 0.2) is 42.6 Å². The minimum absolute atomic E-state index is 0.142. The van der Waals surface area contributed by atoms with Crippen molar-refractivity contribution >= 4 is 0 Å². The average molecular weight is 270 g/mol. The van der Waals surface area contributed by atoms with Crippen LogP contribution in [0.3, 0.4) is 0 Å². The normalized spacial score (nSPS) is 17.4. The Morgan fingerprint density at radius 1 is 1.15 bits per heavy atom. The summed E-state index contributed by atoms with van der Waals surface area (Å²) in [5.41, 5.74) is 2.27. The first-order valence-corrected chi connectivity index (χ1v) is 7.56. The number of aromatic nitrogens is 2. The Bertz CT molecular complexity index is 529. The highest BCUT2D eigenvalue weighted by atomic mass is 16.3. The van der Waals surface area contributed by atoms with E-state index in [1.54, 1.807) is 0 Å². The van der Waals surface area contributed by atoms with Gasteiger partial charge in [0.05, 0.1) is 18.3 Å². The molecule has 20 heavy (non-hydrogen) atoms. The Labute approximate surface area is 120 Å². The Hall–Kier alpha value is -1.61. The molecule has 0 aliphatic heterocycles. The van der Waals surface area contributed by atoms with Crippen LogP contribution >= 0.6 is 0 Å². The van der Waals surface area contributed by atoms with Crippen LogP contribution in [-0.4, -0.2) is 21.5 Å². The fraction of sp³-hybridized carbons (Fsp3) is 0.471. The molecule has 3 nitrogen and oxygen atoms in total. The molecule has 1 heterocycles. The van der Waals surface area contributed by atoms with Gasteiger partial charge in [-0.2, -0.15) is 5.10 Å². The lowest BCUT2D eigenvalue weighted by Gasteiger charge is -2.13. The van der Waals surface area contributed by atoms with Crippen molar-refractivity contribution in [2.45, 2.75) is 44.1 Å². The summed E-state index contributed by atoms with van der Waals surface area (Å²) in [6.07, 6.45) is 8.06. The van der Waals surface area contributed by atoms with Crippen LogP contribution in [0.4, 0.5) is 0 Å². The lowest BCUT2D eigenvalue weighted by molar-refractivity contribution is 0.263. The second kappa shape index (κ2) is 6.23. The predicted molar refractivity (Wildman–Crippen MR) is 79.7 cm³/mol. The zero-order valence-electron chi connectivity index (χ0n) is 11.8. The van der Waals surface area contributed by atoms with Gasteiger partial charge in [-0.05, 0) is 24.5 Å². The summed E-state index contributed by atoms with van der Waals surface area (Å²) in [7, 11) is 0. The van der Waals surface area contributed by atoms with Gasteiger partial charge in [-0.25, -0.2) is 0 Å². The van der Waals surface area contributed by atoms with E-state index >= 15 is 0 Å². The van der Waals surface area contributed by atoms with Gasteiger partial charge in [0.25, 0.3) is 0 Å². The number of rotatable bonds is 5. The van der Waals surface area contributed by atoms with Crippen LogP contribution in [0.2, 0.25) is 0 Å². The van der Waals surface area contributed by atoms with E-state index in [1.807, 2.05) is 18.2 Å². The summed E-state index contributed by atoms with van der Waals surface area (Å²) in [5.74, 6) is 0.142. The van der Waals surface area contributed by atoms with E-state index in [0.717, 1.165) is 12.1 Å². The highest BCUT2D eigenvalue weighted by Gasteiger charge is 2.18. The zero-order valence-corrected chi connectivity index (χ0v) is 11.8. The first-order chi connectivity index (χ1) is 9.86. The molecule has 1 aromatic heterocycles. The van der Waals surface area contributed by atoms with Crippen LogP contribution in [0.25, 0.3) is 0 Å². The molecule has 1 atom stereocenters. The van der Waals surface area contributed by atoms with Crippen LogP contribution < -0.4 is 0 Å². The van der Waals surface area contributed by atoms with Crippen molar-refractivity contribution in [2.75, 3.05) is 6.61 Å². The second-order valence-corrected chi connectivity index (χ2v) is 5.72. The van der Waals surface area contributed by atoms with E-state index < -0.39 is 0 Å². The van der Waals surface area contributed by atoms with Crippen molar-refractivity contribution in [2.24, 2.45) is 0 Å². The summed E-state index contributed by atoms with van der Waals surface area (Å²) in [4.78, 5) is 0. The van der Waals surface area contributed by atoms with Gasteiger partial charge >= 0.3 is 0 Å². The van der Waals surface area contributed by atoms with Gasteiger partial charge < -0.3 is 5.11 Å². The van der Waals surface area contributed by atoms with E-state index in [9.17, 15) is 5.11 Å². The van der Waals surface area contributed by atoms with E-state index in [0.29, 0.717) is 6.04 Å². The molecular weight excluding hydrogens is 248 g/mol. The largest absolute Gasteiger partial charge is 0.396 e. The minimum atomic E-state index is 0.142. The summed E-state index contributed by atoms with van der Waals surface area (Å²) < 4.78 is 2.13. The van der Waals surface area contributed by atoms with Crippen molar-refractivity contribution in [1.82, 2.24) is 9.78 Å². The summed E-state index contributed by atoms with van der Waals surface area (Å²) >= 11 is 0. The maximum atomic E-state index is 9.62. The minimum Gasteiger partial charge on any atom is -0.396 e. The average Bonchev–Trinajstić information content (AvgIpc) is 3.16. The van der Waals surface area contributed by atoms with E-state index in [4.69, 9.17) is 5.10 Å². The maximum absolute atomic E-state index is 9.62. The molecule has 1 aliphatic carbocycles. The van der Waals surface area contributed by atoms with Crippen molar-refractivity contribution < 1.29 is 5.11 Å². The molecular formula is C17H22N2O. The molecule has 0 bridgehead atoms. The smallest absolute Gasteiger partial charge is 0.0631 e. The molecule has 0 amide bonds. The van der Waals surface area contributed by atoms with E-state index in [2.05, 4.69) is 29.1 Å². The highest BCUT2D eigenvalue weighted by molar-refractivity contribution is 5.21. The lowest BCUT2D eigenvalue weighted by atomic mass is 9.95. The van der Waals surface area contributed by atoms with Crippen LogP contribution in [0, 0.1) is 0 Å². The molecule has 1 aliphatic rings. The molecule has 106 valence electrons. The molecule has 0 spiro atoms. The number of hydrogen-bond donors (Lipinski definition) is 1. The van der Waals surface area contributed by atoms with Gasteiger partial charge in [-0.1, -0.05) is 43.2 Å². The van der Waals surface area contributed by atoms with Crippen LogP contribution in [-0.2, 0) is 6.42 Å². The molecule has 3 rings (SSSR count). The predicted octanol–water partition coefficient (Wildman–Crippen LogP) is 3.32. The van der Waals surface area contributed by atoms with Gasteiger partial charge in [-0.15, -0.1) is 0 Å². The van der Waals surface area contributed by atoms with Crippen molar-refractivity contribution in [3.63, 3.8) is 0 Å². The van der Waals surface area contributed by atoms with Gasteiger partial charge in [0, 0.05) is 18.5 Å². The van der Waals surface area contributed by atoms with Crippen molar-refractivity contribution in [3.05, 3.63) is 53.9 Å². The third kappa shape index (κ3) is 2.93. The monoisotopic (exact) mass is 270 g/mol. The molecule has 1 saturated carbocycles. The molecule has 0 saturated heterocycles. The van der Waals surface area contributed by atoms with Gasteiger partial charge in [0.15, 0.2) is 0 Å². The quantitative estimate of drug-likeness (QED) is 0.905. The molecule has 2 aromatic rings. The topological polar surface area (TPSA) is 38.0 Å². The number of hydrogen-bond acceptors (Lipinski definition) is 2. The summed E-state index contributed by atoms with van der Waals surface area (Å²) in [6, 6.07) is 12.9. The SMILES string of the molecule is OCC(Cc1ccn(C2CCCC2)n1)c1ccccc1. The first-order valence-electron chi connectivity index (χ1n) is 7.56. The molecule has 1 unspecified atom stereocenters. The first kappa shape index (κ1) is 13.4. The fourth-order valence-electron chi connectivity index (χ4n) is 3.12. The Morgan fingerprint density at radius 3 is 2.60 bits per heavy atom. The molecule has 1 N–H and O–H groups in total. The standard InChI is InChI=1S/C17H22N2O/c20-13-15(14-6-2-1-3-7-14)12-16-10-11-19(18-16)17-8-4-5-9-17/h1-3,6-7,10-11,15,17,20H,4-5,8-9,12-13H2. The van der Waals surface area contributed by atoms with Gasteiger partial charge in [0.1, 0.15) is 0 Å². The second-order valence-electron chi connectivity index (χ2n) is 5.72. The Kier molecular flexibility index (Phi) is 4.16. The number of benzene rings is 1. The van der Waals surface area contributed by atoms with Gasteiger partial charge in [0.2, 0.25) is 0 Å². The van der Waals surface area contributed by atoms with E-state index in [-0.39, 0.29) is 12.5 Å². The van der Waals surface area contributed by atoms with Gasteiger partial charge in [-0.3, -0.25) is 4.68 Å². The molecule has 3 heteroatoms. The summed E-state index contributed by atoms with van der Waals surface area (Å²) in [5, 5.41) is 14.3. The van der Waals surface area contributed by atoms with Crippen LogP contribution in [0.1, 0.15) is 48.9 Å². The lowest BCUT2D eigenvalue weighted by Crippen LogP contribution is -2.10. The van der Waals surface area contributed by atoms with Crippen molar-refractivity contribution in [3.8, 4) is 0 Å². The third-order valence-electron chi connectivity index (χ3n) is 4.31. The number of nitrogens with zero attached hydrogens (tertiary/aromatic N) is 2. The number of aliphatic hydroxyl groups excluding tert-OH is 1. The molecule has 1 aromatic carbocycles. The van der Waals surface area contributed by atoms with Crippen molar-refractivity contribution in [1.29, 1.82) is 0 Å². The molecule has 0 radical (unpaired) electrons. The zero-order chi connectivity index (χ0) is 13.8. The maximum Gasteiger partial charge on any atom is 0.0631 e. The number of aliphatic hydroxyl groups is 1. The molecule has 1 fully saturated rings. The van der Waals surface area contributed by atoms with Crippen LogP contribution in [0.5, 0.6) is 0 Å². The fourth-order valence-corrected chi connectivity index (χ4v) is 3.12. The Balaban J connectivity index is 1.70. The summed E-state index contributed by atoms with van der Waals surface area (Å²) in [6.45, 7) is 0.167. The highest BCUT2D eigenvalue weighted by Crippen LogP contribution is 2.29. The Morgan fingerprint density at radius 2 is 1.90 bits per heavy atom.